The summed E-state index contributed by atoms with van der Waals surface area (Å²) in [5, 5.41) is 17.3. The fourth-order valence-electron chi connectivity index (χ4n) is 4.04. The lowest BCUT2D eigenvalue weighted by atomic mass is 9.95. The largest absolute Gasteiger partial charge is 0.507 e. The summed E-state index contributed by atoms with van der Waals surface area (Å²) >= 11 is 0. The summed E-state index contributed by atoms with van der Waals surface area (Å²) < 4.78 is 12.0. The lowest BCUT2D eigenvalue weighted by Gasteiger charge is -2.38. The van der Waals surface area contributed by atoms with Crippen molar-refractivity contribution in [1.29, 1.82) is 0 Å². The maximum absolute atomic E-state index is 10.4. The summed E-state index contributed by atoms with van der Waals surface area (Å²) in [7, 11) is 1.65. The van der Waals surface area contributed by atoms with Gasteiger partial charge < -0.3 is 14.6 Å². The molecule has 2 aliphatic heterocycles. The zero-order chi connectivity index (χ0) is 20.0. The Kier molecular flexibility index (Phi) is 4.12. The quantitative estimate of drug-likeness (QED) is 0.724. The number of methoxy groups -OCH3 is 1. The predicted molar refractivity (Wildman–Crippen MR) is 109 cm³/mol. The van der Waals surface area contributed by atoms with E-state index in [-0.39, 0.29) is 11.8 Å². The van der Waals surface area contributed by atoms with Crippen LogP contribution in [0.4, 0.5) is 0 Å². The number of pyridine rings is 1. The van der Waals surface area contributed by atoms with Crippen molar-refractivity contribution < 1.29 is 14.6 Å². The molecule has 6 nitrogen and oxygen atoms in total. The van der Waals surface area contributed by atoms with Gasteiger partial charge in [0.1, 0.15) is 5.75 Å². The highest BCUT2D eigenvalue weighted by atomic mass is 16.5. The lowest BCUT2D eigenvalue weighted by Crippen LogP contribution is -2.33. The topological polar surface area (TPSA) is 67.2 Å². The monoisotopic (exact) mass is 387 g/mol. The van der Waals surface area contributed by atoms with E-state index in [0.29, 0.717) is 12.2 Å². The number of para-hydroxylation sites is 1. The van der Waals surface area contributed by atoms with Crippen molar-refractivity contribution >= 4 is 5.71 Å². The molecule has 29 heavy (non-hydrogen) atoms. The Morgan fingerprint density at radius 2 is 1.97 bits per heavy atom. The second-order valence-corrected chi connectivity index (χ2v) is 7.30. The molecule has 0 bridgehead atoms. The van der Waals surface area contributed by atoms with Crippen LogP contribution in [0, 0.1) is 6.92 Å². The Morgan fingerprint density at radius 3 is 2.76 bits per heavy atom. The second kappa shape index (κ2) is 6.81. The Hall–Kier alpha value is -3.54. The Labute approximate surface area is 169 Å². The van der Waals surface area contributed by atoms with Gasteiger partial charge in [0.05, 0.1) is 18.9 Å². The molecule has 0 radical (unpaired) electrons. The molecule has 2 aliphatic rings. The minimum absolute atomic E-state index is 0.0121. The standard InChI is InChI=1S/C23H21N3O3/c1-14-6-7-20(27)17(12-14)18-13-19-16-4-3-5-21(28-2)22(16)29-23(26(19)25-18)15-8-10-24-11-9-15/h3-12,19,23,27H,13H2,1-2H3/t19-,23-/m1/s1. The van der Waals surface area contributed by atoms with Gasteiger partial charge in [0.15, 0.2) is 11.5 Å². The minimum Gasteiger partial charge on any atom is -0.507 e. The number of ether oxygens (including phenoxy) is 2. The van der Waals surface area contributed by atoms with E-state index in [4.69, 9.17) is 14.6 Å². The molecule has 2 aromatic carbocycles. The molecule has 3 aromatic rings. The highest BCUT2D eigenvalue weighted by Gasteiger charge is 2.42. The minimum atomic E-state index is -0.406. The fraction of sp³-hybridized carbons (Fsp3) is 0.217. The number of hydrogen-bond donors (Lipinski definition) is 1. The number of aryl methyl sites for hydroxylation is 1. The summed E-state index contributed by atoms with van der Waals surface area (Å²) in [6.07, 6.45) is 3.76. The Morgan fingerprint density at radius 1 is 1.14 bits per heavy atom. The number of phenols is 1. The van der Waals surface area contributed by atoms with Crippen LogP contribution in [-0.4, -0.2) is 27.9 Å². The predicted octanol–water partition coefficient (Wildman–Crippen LogP) is 4.35. The third kappa shape index (κ3) is 2.88. The van der Waals surface area contributed by atoms with E-state index in [1.54, 1.807) is 25.6 Å². The molecular formula is C23H21N3O3. The maximum atomic E-state index is 10.4. The van der Waals surface area contributed by atoms with Gasteiger partial charge >= 0.3 is 0 Å². The molecule has 0 unspecified atom stereocenters. The number of fused-ring (bicyclic) bond motifs is 3. The van der Waals surface area contributed by atoms with E-state index in [1.807, 2.05) is 54.4 Å². The van der Waals surface area contributed by atoms with Gasteiger partial charge in [0.25, 0.3) is 0 Å². The Bertz CT molecular complexity index is 1100. The van der Waals surface area contributed by atoms with Gasteiger partial charge in [-0.2, -0.15) is 5.10 Å². The number of hydrazone groups is 1. The number of aromatic hydroxyl groups is 1. The van der Waals surface area contributed by atoms with Gasteiger partial charge in [0.2, 0.25) is 6.23 Å². The molecule has 3 heterocycles. The van der Waals surface area contributed by atoms with Crippen LogP contribution in [-0.2, 0) is 0 Å². The third-order valence-electron chi connectivity index (χ3n) is 5.45. The number of nitrogens with zero attached hydrogens (tertiary/aromatic N) is 3. The first-order valence-electron chi connectivity index (χ1n) is 9.55. The number of aromatic nitrogens is 1. The van der Waals surface area contributed by atoms with Crippen LogP contribution in [0.1, 0.15) is 40.9 Å². The van der Waals surface area contributed by atoms with Crippen LogP contribution in [0.15, 0.2) is 66.0 Å². The van der Waals surface area contributed by atoms with Crippen LogP contribution < -0.4 is 9.47 Å². The van der Waals surface area contributed by atoms with Crippen molar-refractivity contribution in [3.05, 3.63) is 83.2 Å². The normalized spacial score (nSPS) is 19.8. The average Bonchev–Trinajstić information content (AvgIpc) is 3.20. The first kappa shape index (κ1) is 17.6. The molecule has 5 rings (SSSR count). The third-order valence-corrected chi connectivity index (χ3v) is 5.45. The number of hydrogen-bond acceptors (Lipinski definition) is 6. The van der Waals surface area contributed by atoms with Crippen molar-refractivity contribution in [3.63, 3.8) is 0 Å². The molecule has 0 amide bonds. The summed E-state index contributed by atoms with van der Waals surface area (Å²) in [4.78, 5) is 4.12. The molecule has 146 valence electrons. The van der Waals surface area contributed by atoms with Crippen molar-refractivity contribution in [2.45, 2.75) is 25.6 Å². The molecule has 0 saturated carbocycles. The summed E-state index contributed by atoms with van der Waals surface area (Å²) in [6, 6.07) is 15.4. The van der Waals surface area contributed by atoms with E-state index in [1.165, 1.54) is 0 Å². The number of phenolic OH excluding ortho intramolecular Hbond substituents is 1. The first-order chi connectivity index (χ1) is 14.2. The zero-order valence-corrected chi connectivity index (χ0v) is 16.2. The smallest absolute Gasteiger partial charge is 0.214 e. The SMILES string of the molecule is COc1cccc2c1O[C@H](c1ccncc1)N1N=C(c3cc(C)ccc3O)C[C@H]21. The molecule has 2 atom stereocenters. The van der Waals surface area contributed by atoms with Gasteiger partial charge in [-0.25, -0.2) is 5.01 Å². The van der Waals surface area contributed by atoms with E-state index < -0.39 is 6.23 Å². The van der Waals surface area contributed by atoms with Crippen LogP contribution in [0.5, 0.6) is 17.2 Å². The molecule has 1 N–H and O–H groups in total. The second-order valence-electron chi connectivity index (χ2n) is 7.30. The molecule has 6 heteroatoms. The molecular weight excluding hydrogens is 366 g/mol. The molecule has 0 spiro atoms. The molecule has 0 fully saturated rings. The van der Waals surface area contributed by atoms with Gasteiger partial charge in [0, 0.05) is 35.5 Å². The van der Waals surface area contributed by atoms with Crippen molar-refractivity contribution in [1.82, 2.24) is 9.99 Å². The van der Waals surface area contributed by atoms with Gasteiger partial charge in [-0.05, 0) is 37.3 Å². The Balaban J connectivity index is 1.64. The van der Waals surface area contributed by atoms with Crippen LogP contribution in [0.3, 0.4) is 0 Å². The van der Waals surface area contributed by atoms with E-state index >= 15 is 0 Å². The van der Waals surface area contributed by atoms with Crippen LogP contribution >= 0.6 is 0 Å². The van der Waals surface area contributed by atoms with Gasteiger partial charge in [-0.3, -0.25) is 4.98 Å². The lowest BCUT2D eigenvalue weighted by molar-refractivity contribution is -0.0209. The highest BCUT2D eigenvalue weighted by molar-refractivity contribution is 6.04. The highest BCUT2D eigenvalue weighted by Crippen LogP contribution is 2.50. The summed E-state index contributed by atoms with van der Waals surface area (Å²) in [6.45, 7) is 2.01. The van der Waals surface area contributed by atoms with Gasteiger partial charge in [-0.15, -0.1) is 0 Å². The van der Waals surface area contributed by atoms with Gasteiger partial charge in [-0.1, -0.05) is 23.8 Å². The first-order valence-corrected chi connectivity index (χ1v) is 9.55. The van der Waals surface area contributed by atoms with Crippen molar-refractivity contribution in [2.24, 2.45) is 5.10 Å². The fourth-order valence-corrected chi connectivity index (χ4v) is 4.04. The molecule has 0 saturated heterocycles. The maximum Gasteiger partial charge on any atom is 0.214 e. The van der Waals surface area contributed by atoms with Crippen LogP contribution in [0.25, 0.3) is 0 Å². The number of rotatable bonds is 3. The van der Waals surface area contributed by atoms with Crippen molar-refractivity contribution in [2.75, 3.05) is 7.11 Å². The van der Waals surface area contributed by atoms with E-state index in [0.717, 1.165) is 33.7 Å². The summed E-state index contributed by atoms with van der Waals surface area (Å²) in [5.41, 5.74) is 4.67. The number of benzene rings is 2. The average molecular weight is 387 g/mol. The zero-order valence-electron chi connectivity index (χ0n) is 16.2. The van der Waals surface area contributed by atoms with E-state index in [9.17, 15) is 5.11 Å². The molecule has 1 aromatic heterocycles. The van der Waals surface area contributed by atoms with Crippen LogP contribution in [0.2, 0.25) is 0 Å². The molecule has 0 aliphatic carbocycles. The van der Waals surface area contributed by atoms with E-state index in [2.05, 4.69) is 4.98 Å². The summed E-state index contributed by atoms with van der Waals surface area (Å²) in [5.74, 6) is 1.68. The van der Waals surface area contributed by atoms with Crippen molar-refractivity contribution in [3.8, 4) is 17.2 Å².